The van der Waals surface area contributed by atoms with Crippen molar-refractivity contribution in [3.63, 3.8) is 0 Å². The minimum atomic E-state index is -0.0875. The second-order valence-corrected chi connectivity index (χ2v) is 9.71. The molecule has 1 N–H and O–H groups in total. The Morgan fingerprint density at radius 2 is 1.85 bits per heavy atom. The van der Waals surface area contributed by atoms with Gasteiger partial charge in [0.2, 0.25) is 0 Å². The number of nitrogens with one attached hydrogen (secondary N) is 1. The number of hydrogen-bond donors (Lipinski definition) is 1. The Balaban J connectivity index is 1.56. The summed E-state index contributed by atoms with van der Waals surface area (Å²) in [5, 5.41) is 1.48. The van der Waals surface area contributed by atoms with E-state index in [9.17, 15) is 4.79 Å². The summed E-state index contributed by atoms with van der Waals surface area (Å²) in [5.41, 5.74) is 3.84. The van der Waals surface area contributed by atoms with Crippen LogP contribution >= 0.6 is 23.1 Å². The van der Waals surface area contributed by atoms with Crippen molar-refractivity contribution in [1.82, 2.24) is 19.5 Å². The van der Waals surface area contributed by atoms with E-state index in [1.54, 1.807) is 18.4 Å². The normalized spacial score (nSPS) is 11.2. The number of aromatic amines is 1. The Kier molecular flexibility index (Phi) is 5.78. The molecule has 5 rings (SSSR count). The maximum Gasteiger partial charge on any atom is 0.259 e. The third-order valence-corrected chi connectivity index (χ3v) is 7.62. The van der Waals surface area contributed by atoms with E-state index < -0.39 is 0 Å². The zero-order chi connectivity index (χ0) is 22.9. The number of thiophene rings is 1. The minimum absolute atomic E-state index is 0.0875. The number of methoxy groups -OCH3 is 1. The molecule has 0 radical (unpaired) electrons. The van der Waals surface area contributed by atoms with Gasteiger partial charge in [0.1, 0.15) is 16.4 Å². The van der Waals surface area contributed by atoms with Crippen molar-refractivity contribution in [3.05, 3.63) is 87.4 Å². The van der Waals surface area contributed by atoms with E-state index in [4.69, 9.17) is 14.7 Å². The van der Waals surface area contributed by atoms with Crippen molar-refractivity contribution in [3.8, 4) is 22.7 Å². The molecule has 166 valence electrons. The highest BCUT2D eigenvalue weighted by Crippen LogP contribution is 2.35. The molecule has 0 unspecified atom stereocenters. The SMILES string of the molecule is COc1ccccc1-n1c(-c2ccccc2)cnc1SCc1nc2sc(C)c(C)c2c(=O)[nH]1. The molecular weight excluding hydrogens is 452 g/mol. The summed E-state index contributed by atoms with van der Waals surface area (Å²) in [6.07, 6.45) is 1.87. The van der Waals surface area contributed by atoms with Gasteiger partial charge in [-0.05, 0) is 31.5 Å². The van der Waals surface area contributed by atoms with Crippen molar-refractivity contribution in [1.29, 1.82) is 0 Å². The molecule has 0 atom stereocenters. The van der Waals surface area contributed by atoms with Crippen LogP contribution in [0.1, 0.15) is 16.3 Å². The average molecular weight is 475 g/mol. The van der Waals surface area contributed by atoms with Crippen LogP contribution in [0.2, 0.25) is 0 Å². The molecule has 8 heteroatoms. The quantitative estimate of drug-likeness (QED) is 0.317. The van der Waals surface area contributed by atoms with E-state index in [0.29, 0.717) is 17.0 Å². The first kappa shape index (κ1) is 21.5. The number of aryl methyl sites for hydroxylation is 2. The van der Waals surface area contributed by atoms with Gasteiger partial charge < -0.3 is 9.72 Å². The standard InChI is InChI=1S/C25H22N4O2S2/c1-15-16(2)33-24-22(15)23(30)27-21(28-24)14-32-25-26-13-19(17-9-5-4-6-10-17)29(25)18-11-7-8-12-20(18)31-3/h4-13H,14H2,1-3H3,(H,27,28,30). The van der Waals surface area contributed by atoms with Crippen LogP contribution < -0.4 is 10.3 Å². The minimum Gasteiger partial charge on any atom is -0.495 e. The number of para-hydroxylation sites is 2. The number of benzene rings is 2. The molecule has 3 heterocycles. The molecule has 0 saturated carbocycles. The van der Waals surface area contributed by atoms with E-state index in [2.05, 4.69) is 21.7 Å². The molecule has 33 heavy (non-hydrogen) atoms. The summed E-state index contributed by atoms with van der Waals surface area (Å²) in [4.78, 5) is 27.0. The molecule has 0 amide bonds. The third kappa shape index (κ3) is 3.96. The smallest absolute Gasteiger partial charge is 0.259 e. The van der Waals surface area contributed by atoms with Crippen molar-refractivity contribution < 1.29 is 4.74 Å². The fourth-order valence-corrected chi connectivity index (χ4v) is 5.70. The van der Waals surface area contributed by atoms with E-state index in [-0.39, 0.29) is 5.56 Å². The summed E-state index contributed by atoms with van der Waals surface area (Å²) >= 11 is 3.08. The van der Waals surface area contributed by atoms with E-state index in [0.717, 1.165) is 43.1 Å². The second kappa shape index (κ2) is 8.88. The summed E-state index contributed by atoms with van der Waals surface area (Å²) in [5.74, 6) is 1.88. The predicted molar refractivity (Wildman–Crippen MR) is 135 cm³/mol. The van der Waals surface area contributed by atoms with Crippen LogP contribution in [0.3, 0.4) is 0 Å². The van der Waals surface area contributed by atoms with Crippen LogP contribution in [0.4, 0.5) is 0 Å². The fraction of sp³-hybridized carbons (Fsp3) is 0.160. The first-order chi connectivity index (χ1) is 16.1. The Bertz CT molecular complexity index is 1500. The van der Waals surface area contributed by atoms with Crippen molar-refractivity contribution >= 4 is 33.3 Å². The van der Waals surface area contributed by atoms with Gasteiger partial charge in [0.25, 0.3) is 5.56 Å². The van der Waals surface area contributed by atoms with Gasteiger partial charge >= 0.3 is 0 Å². The van der Waals surface area contributed by atoms with Crippen LogP contribution in [0, 0.1) is 13.8 Å². The Morgan fingerprint density at radius 3 is 2.64 bits per heavy atom. The van der Waals surface area contributed by atoms with Gasteiger partial charge in [-0.2, -0.15) is 0 Å². The first-order valence-corrected chi connectivity index (χ1v) is 12.2. The molecule has 5 aromatic rings. The lowest BCUT2D eigenvalue weighted by atomic mass is 10.1. The Hall–Kier alpha value is -3.36. The number of thioether (sulfide) groups is 1. The van der Waals surface area contributed by atoms with E-state index in [1.807, 2.05) is 62.5 Å². The number of fused-ring (bicyclic) bond motifs is 1. The topological polar surface area (TPSA) is 72.8 Å². The van der Waals surface area contributed by atoms with E-state index >= 15 is 0 Å². The van der Waals surface area contributed by atoms with Gasteiger partial charge in [0, 0.05) is 10.4 Å². The molecule has 0 aliphatic heterocycles. The highest BCUT2D eigenvalue weighted by Gasteiger charge is 2.18. The van der Waals surface area contributed by atoms with Crippen LogP contribution in [-0.4, -0.2) is 26.6 Å². The molecule has 2 aromatic carbocycles. The lowest BCUT2D eigenvalue weighted by Gasteiger charge is -2.15. The number of nitrogens with zero attached hydrogens (tertiary/aromatic N) is 3. The van der Waals surface area contributed by atoms with Gasteiger partial charge in [-0.1, -0.05) is 54.2 Å². The Morgan fingerprint density at radius 1 is 1.09 bits per heavy atom. The van der Waals surface area contributed by atoms with Crippen molar-refractivity contribution in [2.75, 3.05) is 7.11 Å². The molecule has 0 spiro atoms. The van der Waals surface area contributed by atoms with Gasteiger partial charge in [-0.15, -0.1) is 11.3 Å². The summed E-state index contributed by atoms with van der Waals surface area (Å²) in [7, 11) is 1.67. The number of imidazole rings is 1. The second-order valence-electron chi connectivity index (χ2n) is 7.56. The summed E-state index contributed by atoms with van der Waals surface area (Å²) in [6, 6.07) is 18.0. The van der Waals surface area contributed by atoms with Crippen LogP contribution in [0.25, 0.3) is 27.2 Å². The molecule has 0 aliphatic carbocycles. The van der Waals surface area contributed by atoms with Crippen molar-refractivity contribution in [2.45, 2.75) is 24.8 Å². The number of aromatic nitrogens is 4. The van der Waals surface area contributed by atoms with Gasteiger partial charge in [-0.25, -0.2) is 9.97 Å². The molecule has 0 saturated heterocycles. The maximum absolute atomic E-state index is 12.7. The monoisotopic (exact) mass is 474 g/mol. The molecule has 3 aromatic heterocycles. The first-order valence-electron chi connectivity index (χ1n) is 10.4. The molecule has 0 aliphatic rings. The number of rotatable bonds is 6. The molecule has 0 bridgehead atoms. The maximum atomic E-state index is 12.7. The molecule has 0 fully saturated rings. The lowest BCUT2D eigenvalue weighted by Crippen LogP contribution is -2.11. The molecular formula is C25H22N4O2S2. The van der Waals surface area contributed by atoms with Gasteiger partial charge in [0.15, 0.2) is 5.16 Å². The number of ether oxygens (including phenoxy) is 1. The zero-order valence-corrected chi connectivity index (χ0v) is 20.1. The van der Waals surface area contributed by atoms with Gasteiger partial charge in [-0.3, -0.25) is 9.36 Å². The van der Waals surface area contributed by atoms with Crippen LogP contribution in [-0.2, 0) is 5.75 Å². The van der Waals surface area contributed by atoms with Crippen molar-refractivity contribution in [2.24, 2.45) is 0 Å². The number of hydrogen-bond acceptors (Lipinski definition) is 6. The Labute approximate surface area is 199 Å². The third-order valence-electron chi connectivity index (χ3n) is 5.55. The summed E-state index contributed by atoms with van der Waals surface area (Å²) in [6.45, 7) is 3.99. The summed E-state index contributed by atoms with van der Waals surface area (Å²) < 4.78 is 7.73. The molecule has 6 nitrogen and oxygen atoms in total. The lowest BCUT2D eigenvalue weighted by molar-refractivity contribution is 0.412. The fourth-order valence-electron chi connectivity index (χ4n) is 3.80. The highest BCUT2D eigenvalue weighted by atomic mass is 32.2. The van der Waals surface area contributed by atoms with E-state index in [1.165, 1.54) is 11.8 Å². The van der Waals surface area contributed by atoms with Crippen LogP contribution in [0.15, 0.2) is 70.7 Å². The van der Waals surface area contributed by atoms with Crippen LogP contribution in [0.5, 0.6) is 5.75 Å². The predicted octanol–water partition coefficient (Wildman–Crippen LogP) is 5.76. The largest absolute Gasteiger partial charge is 0.495 e. The average Bonchev–Trinajstić information content (AvgIpc) is 3.38. The zero-order valence-electron chi connectivity index (χ0n) is 18.5. The highest BCUT2D eigenvalue weighted by molar-refractivity contribution is 7.98. The van der Waals surface area contributed by atoms with Gasteiger partial charge in [0.05, 0.1) is 35.8 Å². The number of H-pyrrole nitrogens is 1.